The quantitative estimate of drug-likeness (QED) is 0.156. The van der Waals surface area contributed by atoms with Gasteiger partial charge in [0.05, 0.1) is 27.8 Å². The molecular formula is C53H30F6N4O. The average molecular weight is 853 g/mol. The van der Waals surface area contributed by atoms with E-state index in [4.69, 9.17) is 19.4 Å². The van der Waals surface area contributed by atoms with Gasteiger partial charge in [0.25, 0.3) is 0 Å². The van der Waals surface area contributed by atoms with Crippen molar-refractivity contribution in [2.24, 2.45) is 0 Å². The van der Waals surface area contributed by atoms with Gasteiger partial charge in [0.15, 0.2) is 17.5 Å². The maximum atomic E-state index is 14.5. The third kappa shape index (κ3) is 6.73. The van der Waals surface area contributed by atoms with Crippen LogP contribution in [0.3, 0.4) is 0 Å². The van der Waals surface area contributed by atoms with Gasteiger partial charge in [-0.25, -0.2) is 15.0 Å². The van der Waals surface area contributed by atoms with Crippen LogP contribution in [0.1, 0.15) is 11.1 Å². The van der Waals surface area contributed by atoms with E-state index >= 15 is 0 Å². The Hall–Kier alpha value is -8.05. The lowest BCUT2D eigenvalue weighted by molar-refractivity contribution is -0.142. The summed E-state index contributed by atoms with van der Waals surface area (Å²) in [5.74, 6) is 1.28. The summed E-state index contributed by atoms with van der Waals surface area (Å²) in [7, 11) is 0. The molecule has 11 rings (SSSR count). The van der Waals surface area contributed by atoms with Gasteiger partial charge in [-0.3, -0.25) is 0 Å². The van der Waals surface area contributed by atoms with Crippen LogP contribution >= 0.6 is 0 Å². The van der Waals surface area contributed by atoms with Gasteiger partial charge < -0.3 is 8.98 Å². The zero-order valence-corrected chi connectivity index (χ0v) is 33.3. The van der Waals surface area contributed by atoms with Gasteiger partial charge in [0.1, 0.15) is 11.2 Å². The van der Waals surface area contributed by atoms with E-state index in [0.29, 0.717) is 45.7 Å². The molecule has 0 aliphatic carbocycles. The van der Waals surface area contributed by atoms with Crippen molar-refractivity contribution in [1.29, 1.82) is 0 Å². The average Bonchev–Trinajstić information content (AvgIpc) is 3.86. The smallest absolute Gasteiger partial charge is 0.417 e. The zero-order valence-electron chi connectivity index (χ0n) is 33.3. The number of para-hydroxylation sites is 2. The van der Waals surface area contributed by atoms with E-state index in [1.165, 1.54) is 6.07 Å². The molecule has 3 heterocycles. The number of nitrogens with zero attached hydrogens (tertiary/aromatic N) is 4. The highest BCUT2D eigenvalue weighted by Crippen LogP contribution is 2.44. The Kier molecular flexibility index (Phi) is 8.98. The Morgan fingerprint density at radius 1 is 0.375 bits per heavy atom. The molecule has 0 spiro atoms. The largest absolute Gasteiger partial charge is 0.456 e. The van der Waals surface area contributed by atoms with Crippen LogP contribution in [-0.2, 0) is 12.4 Å². The Morgan fingerprint density at radius 3 is 1.66 bits per heavy atom. The predicted octanol–water partition coefficient (Wildman–Crippen LogP) is 15.2. The van der Waals surface area contributed by atoms with Gasteiger partial charge >= 0.3 is 12.4 Å². The first-order valence-corrected chi connectivity index (χ1v) is 20.2. The van der Waals surface area contributed by atoms with Crippen LogP contribution in [0.15, 0.2) is 186 Å². The molecule has 0 fully saturated rings. The molecule has 0 unspecified atom stereocenters. The first-order chi connectivity index (χ1) is 31.0. The summed E-state index contributed by atoms with van der Waals surface area (Å²) in [5.41, 5.74) is 4.46. The molecule has 8 aromatic carbocycles. The number of hydrogen-bond donors (Lipinski definition) is 0. The van der Waals surface area contributed by atoms with Crippen molar-refractivity contribution in [3.63, 3.8) is 0 Å². The summed E-state index contributed by atoms with van der Waals surface area (Å²) in [4.78, 5) is 15.2. The lowest BCUT2D eigenvalue weighted by atomic mass is 9.95. The number of alkyl halides is 6. The van der Waals surface area contributed by atoms with Gasteiger partial charge in [-0.2, -0.15) is 26.3 Å². The number of halogens is 6. The molecule has 0 radical (unpaired) electrons. The normalized spacial score (nSPS) is 12.2. The molecule has 64 heavy (non-hydrogen) atoms. The summed E-state index contributed by atoms with van der Waals surface area (Å²) in [6.07, 6.45) is -10.0. The predicted molar refractivity (Wildman–Crippen MR) is 239 cm³/mol. The highest BCUT2D eigenvalue weighted by atomic mass is 19.4. The van der Waals surface area contributed by atoms with E-state index in [9.17, 15) is 26.3 Å². The SMILES string of the molecule is FC(F)(F)c1ccc(-c2ccc3c(c2)c2ccccc2n3-c2ccc(-c3ccc4c(c3)oc3ccccc34)cc2-c2nc(-c3ccccc3)nc(-c3ccccc3)n2)c(C(F)(F)F)c1. The fraction of sp³-hybridized carbons (Fsp3) is 0.0377. The summed E-state index contributed by atoms with van der Waals surface area (Å²) in [6.45, 7) is 0. The van der Waals surface area contributed by atoms with Crippen molar-refractivity contribution in [2.45, 2.75) is 12.4 Å². The van der Waals surface area contributed by atoms with E-state index in [0.717, 1.165) is 61.2 Å². The second-order valence-electron chi connectivity index (χ2n) is 15.4. The molecule has 0 bridgehead atoms. The molecule has 5 nitrogen and oxygen atoms in total. The maximum Gasteiger partial charge on any atom is 0.417 e. The van der Waals surface area contributed by atoms with E-state index in [2.05, 4.69) is 0 Å². The van der Waals surface area contributed by atoms with Crippen LogP contribution in [0.4, 0.5) is 26.3 Å². The molecule has 0 saturated carbocycles. The molecule has 0 atom stereocenters. The fourth-order valence-corrected chi connectivity index (χ4v) is 8.53. The van der Waals surface area contributed by atoms with Gasteiger partial charge in [-0.15, -0.1) is 0 Å². The Labute approximate surface area is 360 Å². The van der Waals surface area contributed by atoms with Crippen LogP contribution in [0.2, 0.25) is 0 Å². The zero-order chi connectivity index (χ0) is 43.7. The topological polar surface area (TPSA) is 56.7 Å². The van der Waals surface area contributed by atoms with Crippen LogP contribution in [-0.4, -0.2) is 19.5 Å². The molecule has 0 N–H and O–H groups in total. The van der Waals surface area contributed by atoms with E-state index < -0.39 is 23.5 Å². The van der Waals surface area contributed by atoms with E-state index in [1.807, 2.05) is 150 Å². The number of furan rings is 1. The number of aromatic nitrogens is 4. The minimum atomic E-state index is -5.05. The maximum absolute atomic E-state index is 14.5. The van der Waals surface area contributed by atoms with Crippen molar-refractivity contribution < 1.29 is 30.8 Å². The summed E-state index contributed by atoms with van der Waals surface area (Å²) < 4.78 is 92.6. The van der Waals surface area contributed by atoms with Crippen molar-refractivity contribution >= 4 is 43.7 Å². The molecule has 310 valence electrons. The van der Waals surface area contributed by atoms with Crippen molar-refractivity contribution in [3.8, 4) is 62.1 Å². The van der Waals surface area contributed by atoms with Gasteiger partial charge in [0.2, 0.25) is 0 Å². The lowest BCUT2D eigenvalue weighted by Crippen LogP contribution is -2.12. The van der Waals surface area contributed by atoms with Crippen molar-refractivity contribution in [1.82, 2.24) is 19.5 Å². The minimum absolute atomic E-state index is 0.116. The highest BCUT2D eigenvalue weighted by Gasteiger charge is 2.38. The number of fused-ring (bicyclic) bond motifs is 6. The second kappa shape index (κ2) is 14.8. The van der Waals surface area contributed by atoms with Gasteiger partial charge in [0, 0.05) is 38.2 Å². The first-order valence-electron chi connectivity index (χ1n) is 20.2. The van der Waals surface area contributed by atoms with Gasteiger partial charge in [-0.1, -0.05) is 121 Å². The number of benzene rings is 8. The molecule has 0 amide bonds. The monoisotopic (exact) mass is 852 g/mol. The summed E-state index contributed by atoms with van der Waals surface area (Å²) in [6, 6.07) is 53.2. The van der Waals surface area contributed by atoms with Crippen LogP contribution < -0.4 is 0 Å². The van der Waals surface area contributed by atoms with E-state index in [-0.39, 0.29) is 17.2 Å². The molecule has 3 aromatic heterocycles. The van der Waals surface area contributed by atoms with Crippen LogP contribution in [0.25, 0.3) is 106 Å². The third-order valence-electron chi connectivity index (χ3n) is 11.5. The number of rotatable bonds is 6. The Balaban J connectivity index is 1.16. The molecule has 11 aromatic rings. The van der Waals surface area contributed by atoms with Crippen LogP contribution in [0.5, 0.6) is 0 Å². The lowest BCUT2D eigenvalue weighted by Gasteiger charge is -2.17. The minimum Gasteiger partial charge on any atom is -0.456 e. The molecular weight excluding hydrogens is 823 g/mol. The summed E-state index contributed by atoms with van der Waals surface area (Å²) in [5, 5.41) is 3.31. The van der Waals surface area contributed by atoms with E-state index in [1.54, 1.807) is 12.1 Å². The van der Waals surface area contributed by atoms with Crippen molar-refractivity contribution in [2.75, 3.05) is 0 Å². The Morgan fingerprint density at radius 2 is 0.953 bits per heavy atom. The fourth-order valence-electron chi connectivity index (χ4n) is 8.53. The third-order valence-corrected chi connectivity index (χ3v) is 11.5. The second-order valence-corrected chi connectivity index (χ2v) is 15.4. The summed E-state index contributed by atoms with van der Waals surface area (Å²) >= 11 is 0. The highest BCUT2D eigenvalue weighted by molar-refractivity contribution is 6.11. The van der Waals surface area contributed by atoms with Gasteiger partial charge in [-0.05, 0) is 82.9 Å². The molecule has 0 aliphatic rings. The molecule has 0 saturated heterocycles. The number of hydrogen-bond acceptors (Lipinski definition) is 4. The van der Waals surface area contributed by atoms with Crippen molar-refractivity contribution in [3.05, 3.63) is 193 Å². The molecule has 0 aliphatic heterocycles. The standard InChI is InChI=1S/C53H30F6N4O/c54-52(55,56)36-22-24-37(43(30-36)53(57,58)59)35-21-26-45-41(28-35)38-15-7-9-17-44(38)63(45)46-25-20-33(34-19-23-40-39-16-8-10-18-47(39)64-48(40)29-34)27-42(46)51-61-49(31-11-3-1-4-12-31)60-50(62-51)32-13-5-2-6-14-32/h1-30H. The molecule has 11 heteroatoms. The van der Waals surface area contributed by atoms with Crippen LogP contribution in [0, 0.1) is 0 Å². The first kappa shape index (κ1) is 38.8. The Bertz CT molecular complexity index is 3540.